The molecule has 0 bridgehead atoms. The van der Waals surface area contributed by atoms with Crippen molar-refractivity contribution in [3.63, 3.8) is 0 Å². The maximum Gasteiger partial charge on any atom is 0.240 e. The van der Waals surface area contributed by atoms with Gasteiger partial charge in [-0.05, 0) is 6.42 Å². The number of thiocarbonyl (C=S) groups is 1. The van der Waals surface area contributed by atoms with Gasteiger partial charge in [0.15, 0.2) is 0 Å². The lowest BCUT2D eigenvalue weighted by molar-refractivity contribution is 0.566. The van der Waals surface area contributed by atoms with E-state index < -0.39 is 0 Å². The van der Waals surface area contributed by atoms with E-state index in [0.717, 1.165) is 6.42 Å². The summed E-state index contributed by atoms with van der Waals surface area (Å²) < 4.78 is 0. The molecule has 1 radical (unpaired) electrons. The first-order chi connectivity index (χ1) is 3.31. The fraction of sp³-hybridized carbons (Fsp3) is 0.600. The molecule has 0 saturated carbocycles. The minimum atomic E-state index is 0.405. The van der Waals surface area contributed by atoms with E-state index in [2.05, 4.69) is 12.2 Å². The van der Waals surface area contributed by atoms with Crippen molar-refractivity contribution in [1.29, 1.82) is 0 Å². The van der Waals surface area contributed by atoms with Gasteiger partial charge in [-0.25, -0.2) is 0 Å². The summed E-state index contributed by atoms with van der Waals surface area (Å²) >= 11 is 4.53. The lowest BCUT2D eigenvalue weighted by Crippen LogP contribution is -1.91. The fourth-order valence-electron chi connectivity index (χ4n) is 0.278. The van der Waals surface area contributed by atoms with Crippen LogP contribution in [-0.2, 0) is 4.79 Å². The van der Waals surface area contributed by atoms with Crippen LogP contribution in [0.1, 0.15) is 19.8 Å². The Morgan fingerprint density at radius 3 is 2.57 bits per heavy atom. The number of carbonyl (C=O) groups excluding carboxylic acids is 1. The average Bonchev–Trinajstić information content (AvgIpc) is 1.68. The first kappa shape index (κ1) is 6.76. The topological polar surface area (TPSA) is 17.1 Å². The fourth-order valence-corrected chi connectivity index (χ4v) is 0.482. The Kier molecular flexibility index (Phi) is 3.80. The number of hydrogen-bond donors (Lipinski definition) is 0. The predicted molar refractivity (Wildman–Crippen MR) is 33.2 cm³/mol. The molecule has 7 heavy (non-hydrogen) atoms. The second-order valence-electron chi connectivity index (χ2n) is 1.28. The molecule has 1 nitrogen and oxygen atoms in total. The van der Waals surface area contributed by atoms with E-state index in [9.17, 15) is 4.79 Å². The van der Waals surface area contributed by atoms with Crippen molar-refractivity contribution in [1.82, 2.24) is 0 Å². The lowest BCUT2D eigenvalue weighted by atomic mass is 10.3. The maximum atomic E-state index is 9.63. The largest absolute Gasteiger partial charge is 0.284 e. The second-order valence-corrected chi connectivity index (χ2v) is 1.77. The van der Waals surface area contributed by atoms with Crippen molar-refractivity contribution >= 4 is 23.4 Å². The predicted octanol–water partition coefficient (Wildman–Crippen LogP) is 1.27. The van der Waals surface area contributed by atoms with Crippen molar-refractivity contribution in [3.8, 4) is 0 Å². The molecule has 0 aromatic heterocycles. The Balaban J connectivity index is 3.17. The first-order valence-electron chi connectivity index (χ1n) is 2.22. The van der Waals surface area contributed by atoms with Gasteiger partial charge in [-0.3, -0.25) is 4.79 Å². The summed E-state index contributed by atoms with van der Waals surface area (Å²) in [5, 5.41) is 0. The Morgan fingerprint density at radius 1 is 1.86 bits per heavy atom. The summed E-state index contributed by atoms with van der Waals surface area (Å²) in [4.78, 5) is 10.0. The van der Waals surface area contributed by atoms with Crippen LogP contribution in [0.25, 0.3) is 0 Å². The molecule has 0 amide bonds. The van der Waals surface area contributed by atoms with Crippen LogP contribution in [0.2, 0.25) is 0 Å². The highest BCUT2D eigenvalue weighted by atomic mass is 32.1. The van der Waals surface area contributed by atoms with Crippen LogP contribution in [-0.4, -0.2) is 11.2 Å². The van der Waals surface area contributed by atoms with Gasteiger partial charge in [0.1, 0.15) is 0 Å². The monoisotopic (exact) mass is 115 g/mol. The third kappa shape index (κ3) is 3.59. The molecule has 0 rings (SSSR count). The second kappa shape index (κ2) is 3.93. The minimum Gasteiger partial charge on any atom is -0.284 e. The molecule has 2 heteroatoms. The average molecular weight is 115 g/mol. The van der Waals surface area contributed by atoms with Gasteiger partial charge in [0.25, 0.3) is 0 Å². The highest BCUT2D eigenvalue weighted by Gasteiger charge is 1.88. The van der Waals surface area contributed by atoms with Crippen molar-refractivity contribution in [3.05, 3.63) is 0 Å². The third-order valence-corrected chi connectivity index (χ3v) is 0.878. The van der Waals surface area contributed by atoms with E-state index in [1.54, 1.807) is 6.29 Å². The van der Waals surface area contributed by atoms with Crippen molar-refractivity contribution in [2.24, 2.45) is 0 Å². The lowest BCUT2D eigenvalue weighted by Gasteiger charge is -1.82. The van der Waals surface area contributed by atoms with E-state index in [-0.39, 0.29) is 0 Å². The summed E-state index contributed by atoms with van der Waals surface area (Å²) in [6, 6.07) is 0. The van der Waals surface area contributed by atoms with Gasteiger partial charge in [0.2, 0.25) is 6.29 Å². The highest BCUT2D eigenvalue weighted by molar-refractivity contribution is 7.81. The van der Waals surface area contributed by atoms with Crippen LogP contribution in [0.15, 0.2) is 0 Å². The molecule has 0 aliphatic heterocycles. The Morgan fingerprint density at radius 2 is 2.43 bits per heavy atom. The standard InChI is InChI=1S/C5H7OS/c1-2-3-5(7)4-6/h2-3H2,1H3. The van der Waals surface area contributed by atoms with Gasteiger partial charge < -0.3 is 0 Å². The number of hydrogen-bond acceptors (Lipinski definition) is 2. The van der Waals surface area contributed by atoms with Crippen LogP contribution in [0.3, 0.4) is 0 Å². The molecular formula is C5H7OS. The minimum absolute atomic E-state index is 0.405. The van der Waals surface area contributed by atoms with Gasteiger partial charge in [-0.1, -0.05) is 25.6 Å². The summed E-state index contributed by atoms with van der Waals surface area (Å²) in [5.74, 6) is 0. The van der Waals surface area contributed by atoms with Crippen LogP contribution in [0.4, 0.5) is 0 Å². The third-order valence-electron chi connectivity index (χ3n) is 0.591. The van der Waals surface area contributed by atoms with Gasteiger partial charge in [0.05, 0.1) is 4.86 Å². The van der Waals surface area contributed by atoms with Gasteiger partial charge >= 0.3 is 0 Å². The molecular weight excluding hydrogens is 108 g/mol. The van der Waals surface area contributed by atoms with E-state index in [0.29, 0.717) is 11.3 Å². The van der Waals surface area contributed by atoms with Gasteiger partial charge in [-0.15, -0.1) is 0 Å². The summed E-state index contributed by atoms with van der Waals surface area (Å²) in [7, 11) is 0. The molecule has 0 aromatic carbocycles. The van der Waals surface area contributed by atoms with Crippen LogP contribution in [0, 0.1) is 0 Å². The molecule has 0 spiro atoms. The Labute approximate surface area is 48.7 Å². The zero-order valence-electron chi connectivity index (χ0n) is 4.23. The normalized spacial score (nSPS) is 8.14. The maximum absolute atomic E-state index is 9.63. The van der Waals surface area contributed by atoms with Gasteiger partial charge in [-0.2, -0.15) is 0 Å². The Hall–Kier alpha value is -0.240. The molecule has 0 atom stereocenters. The van der Waals surface area contributed by atoms with E-state index in [4.69, 9.17) is 0 Å². The summed E-state index contributed by atoms with van der Waals surface area (Å²) in [6.07, 6.45) is 3.29. The molecule has 0 unspecified atom stereocenters. The molecule has 0 fully saturated rings. The van der Waals surface area contributed by atoms with E-state index in [1.165, 1.54) is 0 Å². The van der Waals surface area contributed by atoms with Gasteiger partial charge in [0, 0.05) is 0 Å². The Bertz CT molecular complexity index is 78.1. The van der Waals surface area contributed by atoms with Crippen molar-refractivity contribution < 1.29 is 4.79 Å². The van der Waals surface area contributed by atoms with Crippen LogP contribution < -0.4 is 0 Å². The molecule has 0 aliphatic rings. The zero-order chi connectivity index (χ0) is 5.70. The smallest absolute Gasteiger partial charge is 0.240 e. The molecule has 0 N–H and O–H groups in total. The van der Waals surface area contributed by atoms with E-state index in [1.807, 2.05) is 6.92 Å². The molecule has 0 heterocycles. The molecule has 39 valence electrons. The van der Waals surface area contributed by atoms with Crippen molar-refractivity contribution in [2.75, 3.05) is 0 Å². The summed E-state index contributed by atoms with van der Waals surface area (Å²) in [5.41, 5.74) is 0. The highest BCUT2D eigenvalue weighted by Crippen LogP contribution is 1.86. The van der Waals surface area contributed by atoms with Crippen LogP contribution >= 0.6 is 12.2 Å². The van der Waals surface area contributed by atoms with E-state index >= 15 is 0 Å². The molecule has 0 aliphatic carbocycles. The van der Waals surface area contributed by atoms with Crippen molar-refractivity contribution in [2.45, 2.75) is 19.8 Å². The molecule has 0 aromatic rings. The summed E-state index contributed by atoms with van der Waals surface area (Å²) in [6.45, 7) is 1.98. The molecule has 0 saturated heterocycles. The SMILES string of the molecule is CCCC(=S)[C]=O. The van der Waals surface area contributed by atoms with Crippen LogP contribution in [0.5, 0.6) is 0 Å². The quantitative estimate of drug-likeness (QED) is 0.515. The number of rotatable bonds is 3. The zero-order valence-corrected chi connectivity index (χ0v) is 5.05. The first-order valence-corrected chi connectivity index (χ1v) is 2.63.